The molecule has 0 radical (unpaired) electrons. The van der Waals surface area contributed by atoms with E-state index < -0.39 is 0 Å². The molecule has 1 aromatic heterocycles. The van der Waals surface area contributed by atoms with Crippen LogP contribution in [0, 0.1) is 13.8 Å². The maximum Gasteiger partial charge on any atom is 0.0273 e. The zero-order valence-corrected chi connectivity index (χ0v) is 9.64. The van der Waals surface area contributed by atoms with Gasteiger partial charge >= 0.3 is 0 Å². The molecule has 80 valence electrons. The first-order valence-corrected chi connectivity index (χ1v) is 5.42. The summed E-state index contributed by atoms with van der Waals surface area (Å²) in [7, 11) is 0. The highest BCUT2D eigenvalue weighted by atomic mass is 14.6. The second-order valence-corrected chi connectivity index (χ2v) is 3.92. The van der Waals surface area contributed by atoms with Gasteiger partial charge in [0.2, 0.25) is 0 Å². The molecule has 1 aromatic carbocycles. The minimum Gasteiger partial charge on any atom is -0.265 e. The van der Waals surface area contributed by atoms with Gasteiger partial charge in [-0.25, -0.2) is 0 Å². The SMILES string of the molecule is Cc1cccc(C)c1C=Cc1ccncc1. The first-order chi connectivity index (χ1) is 7.77. The maximum atomic E-state index is 4.00. The normalized spacial score (nSPS) is 10.9. The van der Waals surface area contributed by atoms with Gasteiger partial charge in [-0.05, 0) is 48.2 Å². The van der Waals surface area contributed by atoms with Crippen LogP contribution in [0.2, 0.25) is 0 Å². The van der Waals surface area contributed by atoms with Crippen molar-refractivity contribution in [2.45, 2.75) is 13.8 Å². The number of hydrogen-bond donors (Lipinski definition) is 0. The molecule has 0 aliphatic heterocycles. The van der Waals surface area contributed by atoms with Crippen molar-refractivity contribution in [1.29, 1.82) is 0 Å². The highest BCUT2D eigenvalue weighted by Crippen LogP contribution is 2.16. The lowest BCUT2D eigenvalue weighted by molar-refractivity contribution is 1.32. The van der Waals surface area contributed by atoms with Crippen molar-refractivity contribution in [3.8, 4) is 0 Å². The van der Waals surface area contributed by atoms with E-state index in [1.54, 1.807) is 0 Å². The topological polar surface area (TPSA) is 12.9 Å². The minimum atomic E-state index is 1.18. The van der Waals surface area contributed by atoms with Gasteiger partial charge in [-0.2, -0.15) is 0 Å². The molecule has 16 heavy (non-hydrogen) atoms. The van der Waals surface area contributed by atoms with Gasteiger partial charge in [0.15, 0.2) is 0 Å². The number of pyridine rings is 1. The molecule has 2 aromatic rings. The Morgan fingerprint density at radius 1 is 0.875 bits per heavy atom. The minimum absolute atomic E-state index is 1.18. The second kappa shape index (κ2) is 4.75. The van der Waals surface area contributed by atoms with E-state index in [9.17, 15) is 0 Å². The van der Waals surface area contributed by atoms with Crippen molar-refractivity contribution in [1.82, 2.24) is 4.98 Å². The van der Waals surface area contributed by atoms with Crippen LogP contribution < -0.4 is 0 Å². The number of nitrogens with zero attached hydrogens (tertiary/aromatic N) is 1. The molecule has 0 amide bonds. The maximum absolute atomic E-state index is 4.00. The van der Waals surface area contributed by atoms with Crippen molar-refractivity contribution in [2.24, 2.45) is 0 Å². The standard InChI is InChI=1S/C15H15N/c1-12-4-3-5-13(2)15(12)7-6-14-8-10-16-11-9-14/h3-11H,1-2H3. The van der Waals surface area contributed by atoms with Gasteiger partial charge in [-0.15, -0.1) is 0 Å². The summed E-state index contributed by atoms with van der Waals surface area (Å²) in [5, 5.41) is 0. The summed E-state index contributed by atoms with van der Waals surface area (Å²) in [4.78, 5) is 4.00. The zero-order chi connectivity index (χ0) is 11.4. The lowest BCUT2D eigenvalue weighted by Crippen LogP contribution is -1.84. The van der Waals surface area contributed by atoms with Crippen LogP contribution in [0.4, 0.5) is 0 Å². The van der Waals surface area contributed by atoms with Crippen LogP contribution in [0.5, 0.6) is 0 Å². The molecule has 1 heterocycles. The van der Waals surface area contributed by atoms with Gasteiger partial charge in [0.25, 0.3) is 0 Å². The Labute approximate surface area is 96.5 Å². The van der Waals surface area contributed by atoms with Gasteiger partial charge in [0, 0.05) is 12.4 Å². The molecule has 0 spiro atoms. The van der Waals surface area contributed by atoms with Gasteiger partial charge in [-0.3, -0.25) is 4.98 Å². The Balaban J connectivity index is 2.31. The molecular weight excluding hydrogens is 194 g/mol. The van der Waals surface area contributed by atoms with Crippen molar-refractivity contribution < 1.29 is 0 Å². The molecule has 1 heteroatoms. The molecule has 0 aliphatic rings. The summed E-state index contributed by atoms with van der Waals surface area (Å²) in [6.45, 7) is 4.28. The molecule has 0 fully saturated rings. The van der Waals surface area contributed by atoms with E-state index in [1.807, 2.05) is 24.5 Å². The fourth-order valence-corrected chi connectivity index (χ4v) is 1.74. The molecular formula is C15H15N. The molecule has 2 rings (SSSR count). The summed E-state index contributed by atoms with van der Waals surface area (Å²) < 4.78 is 0. The van der Waals surface area contributed by atoms with Crippen LogP contribution in [-0.2, 0) is 0 Å². The highest BCUT2D eigenvalue weighted by molar-refractivity contribution is 5.72. The van der Waals surface area contributed by atoms with Crippen LogP contribution in [0.1, 0.15) is 22.3 Å². The van der Waals surface area contributed by atoms with Crippen molar-refractivity contribution >= 4 is 12.2 Å². The molecule has 0 N–H and O–H groups in total. The zero-order valence-electron chi connectivity index (χ0n) is 9.64. The Morgan fingerprint density at radius 3 is 2.12 bits per heavy atom. The summed E-state index contributed by atoms with van der Waals surface area (Å²) >= 11 is 0. The van der Waals surface area contributed by atoms with Crippen molar-refractivity contribution in [3.05, 3.63) is 65.0 Å². The van der Waals surface area contributed by atoms with E-state index in [2.05, 4.69) is 49.2 Å². The largest absolute Gasteiger partial charge is 0.265 e. The summed E-state index contributed by atoms with van der Waals surface area (Å²) in [6, 6.07) is 10.4. The van der Waals surface area contributed by atoms with Gasteiger partial charge in [0.05, 0.1) is 0 Å². The van der Waals surface area contributed by atoms with Crippen LogP contribution >= 0.6 is 0 Å². The van der Waals surface area contributed by atoms with Crippen molar-refractivity contribution in [3.63, 3.8) is 0 Å². The monoisotopic (exact) mass is 209 g/mol. The lowest BCUT2D eigenvalue weighted by Gasteiger charge is -2.04. The van der Waals surface area contributed by atoms with Crippen LogP contribution in [0.3, 0.4) is 0 Å². The molecule has 0 unspecified atom stereocenters. The quantitative estimate of drug-likeness (QED) is 0.731. The van der Waals surface area contributed by atoms with E-state index in [0.717, 1.165) is 0 Å². The number of aromatic nitrogens is 1. The van der Waals surface area contributed by atoms with Gasteiger partial charge < -0.3 is 0 Å². The van der Waals surface area contributed by atoms with E-state index in [4.69, 9.17) is 0 Å². The number of benzene rings is 1. The van der Waals surface area contributed by atoms with E-state index in [-0.39, 0.29) is 0 Å². The lowest BCUT2D eigenvalue weighted by atomic mass is 10.0. The Bertz CT molecular complexity index is 478. The van der Waals surface area contributed by atoms with Gasteiger partial charge in [0.1, 0.15) is 0 Å². The number of hydrogen-bond acceptors (Lipinski definition) is 1. The van der Waals surface area contributed by atoms with Gasteiger partial charge in [-0.1, -0.05) is 30.4 Å². The average Bonchev–Trinajstić information content (AvgIpc) is 2.30. The summed E-state index contributed by atoms with van der Waals surface area (Å²) in [6.07, 6.45) is 7.91. The predicted octanol–water partition coefficient (Wildman–Crippen LogP) is 3.87. The fraction of sp³-hybridized carbons (Fsp3) is 0.133. The van der Waals surface area contributed by atoms with Crippen LogP contribution in [0.15, 0.2) is 42.7 Å². The third-order valence-corrected chi connectivity index (χ3v) is 2.69. The number of aryl methyl sites for hydroxylation is 2. The van der Waals surface area contributed by atoms with Crippen molar-refractivity contribution in [2.75, 3.05) is 0 Å². The second-order valence-electron chi connectivity index (χ2n) is 3.92. The molecule has 0 bridgehead atoms. The third-order valence-electron chi connectivity index (χ3n) is 2.69. The molecule has 0 atom stereocenters. The van der Waals surface area contributed by atoms with E-state index >= 15 is 0 Å². The molecule has 0 aliphatic carbocycles. The Hall–Kier alpha value is -1.89. The molecule has 1 nitrogen and oxygen atoms in total. The third kappa shape index (κ3) is 2.37. The fourth-order valence-electron chi connectivity index (χ4n) is 1.74. The highest BCUT2D eigenvalue weighted by Gasteiger charge is 1.96. The molecule has 0 saturated carbocycles. The van der Waals surface area contributed by atoms with Crippen LogP contribution in [-0.4, -0.2) is 4.98 Å². The average molecular weight is 209 g/mol. The molecule has 0 saturated heterocycles. The number of rotatable bonds is 2. The van der Waals surface area contributed by atoms with E-state index in [1.165, 1.54) is 22.3 Å². The van der Waals surface area contributed by atoms with E-state index in [0.29, 0.717) is 0 Å². The Morgan fingerprint density at radius 2 is 1.50 bits per heavy atom. The predicted molar refractivity (Wildman–Crippen MR) is 69.1 cm³/mol. The smallest absolute Gasteiger partial charge is 0.0273 e. The first kappa shape index (κ1) is 10.6. The first-order valence-electron chi connectivity index (χ1n) is 5.42. The summed E-state index contributed by atoms with van der Waals surface area (Å²) in [5.74, 6) is 0. The summed E-state index contributed by atoms with van der Waals surface area (Å²) in [5.41, 5.74) is 5.10. The Kier molecular flexibility index (Phi) is 3.16. The van der Waals surface area contributed by atoms with Crippen LogP contribution in [0.25, 0.3) is 12.2 Å².